The van der Waals surface area contributed by atoms with Crippen LogP contribution in [0.5, 0.6) is 5.75 Å². The Morgan fingerprint density at radius 2 is 1.76 bits per heavy atom. The molecule has 0 spiro atoms. The third-order valence-electron chi connectivity index (χ3n) is 7.19. The number of para-hydroxylation sites is 2. The number of amidine groups is 1. The van der Waals surface area contributed by atoms with Crippen LogP contribution in [0.1, 0.15) is 69.6 Å². The van der Waals surface area contributed by atoms with Gasteiger partial charge in [0.05, 0.1) is 5.69 Å². The van der Waals surface area contributed by atoms with Gasteiger partial charge in [-0.1, -0.05) is 43.2 Å². The molecular formula is C27H37N5O2. The van der Waals surface area contributed by atoms with Gasteiger partial charge in [-0.05, 0) is 64.3 Å². The summed E-state index contributed by atoms with van der Waals surface area (Å²) >= 11 is 0. The highest BCUT2D eigenvalue weighted by Crippen LogP contribution is 2.39. The molecule has 1 fully saturated rings. The molecule has 0 bridgehead atoms. The maximum absolute atomic E-state index is 13.5. The third-order valence-corrected chi connectivity index (χ3v) is 7.19. The van der Waals surface area contributed by atoms with Crippen molar-refractivity contribution in [1.29, 1.82) is 0 Å². The highest BCUT2D eigenvalue weighted by molar-refractivity contribution is 6.01. The number of amides is 1. The van der Waals surface area contributed by atoms with Crippen LogP contribution in [0, 0.1) is 0 Å². The van der Waals surface area contributed by atoms with Crippen molar-refractivity contribution in [2.45, 2.75) is 70.6 Å². The van der Waals surface area contributed by atoms with E-state index in [4.69, 9.17) is 16.3 Å². The lowest BCUT2D eigenvalue weighted by atomic mass is 9.97. The maximum Gasteiger partial charge on any atom is 0.272 e. The molecule has 1 amide bonds. The largest absolute Gasteiger partial charge is 0.474 e. The van der Waals surface area contributed by atoms with Crippen LogP contribution in [0.2, 0.25) is 0 Å². The van der Waals surface area contributed by atoms with Gasteiger partial charge in [-0.15, -0.1) is 0 Å². The number of rotatable bonds is 8. The van der Waals surface area contributed by atoms with Gasteiger partial charge in [0.25, 0.3) is 5.91 Å². The van der Waals surface area contributed by atoms with E-state index in [2.05, 4.69) is 23.8 Å². The van der Waals surface area contributed by atoms with Crippen molar-refractivity contribution in [3.05, 3.63) is 59.7 Å². The van der Waals surface area contributed by atoms with Crippen molar-refractivity contribution in [3.8, 4) is 5.75 Å². The number of likely N-dealkylation sites (tertiary alicyclic amines) is 1. The van der Waals surface area contributed by atoms with Gasteiger partial charge in [0.1, 0.15) is 11.6 Å². The zero-order valence-corrected chi connectivity index (χ0v) is 20.3. The molecule has 0 radical (unpaired) electrons. The molecule has 34 heavy (non-hydrogen) atoms. The number of nitrogens with two attached hydrogens (primary N) is 2. The minimum atomic E-state index is -0.726. The summed E-state index contributed by atoms with van der Waals surface area (Å²) in [7, 11) is 0. The van der Waals surface area contributed by atoms with Crippen LogP contribution < -0.4 is 21.2 Å². The summed E-state index contributed by atoms with van der Waals surface area (Å²) in [6, 6.07) is 16.4. The van der Waals surface area contributed by atoms with Crippen LogP contribution in [0.3, 0.4) is 0 Å². The first-order valence-electron chi connectivity index (χ1n) is 12.5. The average molecular weight is 464 g/mol. The van der Waals surface area contributed by atoms with Crippen molar-refractivity contribution >= 4 is 17.4 Å². The number of piperidine rings is 1. The lowest BCUT2D eigenvalue weighted by Gasteiger charge is -2.39. The van der Waals surface area contributed by atoms with Crippen LogP contribution in [0.15, 0.2) is 53.6 Å². The fourth-order valence-electron chi connectivity index (χ4n) is 5.25. The van der Waals surface area contributed by atoms with Crippen molar-refractivity contribution in [2.24, 2.45) is 16.7 Å². The van der Waals surface area contributed by atoms with E-state index in [1.54, 1.807) is 0 Å². The second-order valence-corrected chi connectivity index (χ2v) is 9.52. The Bertz CT molecular complexity index is 1010. The van der Waals surface area contributed by atoms with Gasteiger partial charge in [0, 0.05) is 29.8 Å². The Hall–Kier alpha value is -3.06. The number of hydrazone groups is 1. The SMILES string of the molecule is C[C@@H]1CCC[C@H](C)N1CCCCCN1C(=O)C(c2cccc(C(N)=NN)c2)Oc2ccccc21. The summed E-state index contributed by atoms with van der Waals surface area (Å²) in [6.07, 6.45) is 6.41. The summed E-state index contributed by atoms with van der Waals surface area (Å²) in [4.78, 5) is 18.1. The Morgan fingerprint density at radius 3 is 2.53 bits per heavy atom. The number of anilines is 1. The fourth-order valence-corrected chi connectivity index (χ4v) is 5.25. The van der Waals surface area contributed by atoms with Crippen LogP contribution in [0.4, 0.5) is 5.69 Å². The molecule has 1 unspecified atom stereocenters. The molecule has 4 rings (SSSR count). The zero-order chi connectivity index (χ0) is 24.1. The van der Waals surface area contributed by atoms with E-state index in [-0.39, 0.29) is 11.7 Å². The maximum atomic E-state index is 13.5. The Balaban J connectivity index is 1.43. The van der Waals surface area contributed by atoms with Crippen molar-refractivity contribution in [1.82, 2.24) is 4.90 Å². The normalized spacial score (nSPS) is 23.5. The van der Waals surface area contributed by atoms with E-state index in [0.29, 0.717) is 29.9 Å². The molecular weight excluding hydrogens is 426 g/mol. The topological polar surface area (TPSA) is 97.2 Å². The minimum absolute atomic E-state index is 0.0580. The second-order valence-electron chi connectivity index (χ2n) is 9.52. The Kier molecular flexibility index (Phi) is 7.73. The number of ether oxygens (including phenoxy) is 1. The highest BCUT2D eigenvalue weighted by atomic mass is 16.5. The summed E-state index contributed by atoms with van der Waals surface area (Å²) in [5, 5.41) is 3.57. The Labute approximate surface area is 202 Å². The van der Waals surface area contributed by atoms with Crippen LogP contribution in [0.25, 0.3) is 0 Å². The first-order valence-corrected chi connectivity index (χ1v) is 12.5. The average Bonchev–Trinajstić information content (AvgIpc) is 2.85. The molecule has 7 nitrogen and oxygen atoms in total. The summed E-state index contributed by atoms with van der Waals surface area (Å²) < 4.78 is 6.15. The van der Waals surface area contributed by atoms with E-state index in [1.165, 1.54) is 19.3 Å². The molecule has 2 aliphatic rings. The molecule has 182 valence electrons. The van der Waals surface area contributed by atoms with E-state index >= 15 is 0 Å². The number of hydrogen-bond acceptors (Lipinski definition) is 5. The second kappa shape index (κ2) is 10.9. The third kappa shape index (κ3) is 5.20. The van der Waals surface area contributed by atoms with Gasteiger partial charge in [0.15, 0.2) is 0 Å². The molecule has 2 aliphatic heterocycles. The smallest absolute Gasteiger partial charge is 0.272 e. The molecule has 4 N–H and O–H groups in total. The fraction of sp³-hybridized carbons (Fsp3) is 0.481. The number of carbonyl (C=O) groups is 1. The zero-order valence-electron chi connectivity index (χ0n) is 20.3. The van der Waals surface area contributed by atoms with E-state index in [0.717, 1.165) is 37.1 Å². The molecule has 2 aromatic carbocycles. The molecule has 7 heteroatoms. The Morgan fingerprint density at radius 1 is 1.03 bits per heavy atom. The van der Waals surface area contributed by atoms with E-state index in [1.807, 2.05) is 53.4 Å². The monoisotopic (exact) mass is 463 g/mol. The van der Waals surface area contributed by atoms with Crippen molar-refractivity contribution in [2.75, 3.05) is 18.0 Å². The number of fused-ring (bicyclic) bond motifs is 1. The van der Waals surface area contributed by atoms with Crippen molar-refractivity contribution in [3.63, 3.8) is 0 Å². The first kappa shape index (κ1) is 24.1. The molecule has 0 aromatic heterocycles. The van der Waals surface area contributed by atoms with Gasteiger partial charge in [0.2, 0.25) is 6.10 Å². The minimum Gasteiger partial charge on any atom is -0.474 e. The van der Waals surface area contributed by atoms with E-state index in [9.17, 15) is 4.79 Å². The number of nitrogens with zero attached hydrogens (tertiary/aromatic N) is 3. The standard InChI is InChI=1S/C27H37N5O2/c1-19-10-8-11-20(2)31(19)16-6-3-7-17-32-23-14-4-5-15-24(23)34-25(27(32)33)21-12-9-13-22(18-21)26(28)30-29/h4-5,9,12-15,18-20,25H,3,6-8,10-11,16-17,29H2,1-2H3,(H2,28,30)/t19-,20+,25?. The van der Waals surface area contributed by atoms with Crippen molar-refractivity contribution < 1.29 is 9.53 Å². The van der Waals surface area contributed by atoms with Gasteiger partial charge >= 0.3 is 0 Å². The van der Waals surface area contributed by atoms with Crippen LogP contribution in [-0.4, -0.2) is 41.8 Å². The summed E-state index contributed by atoms with van der Waals surface area (Å²) in [6.45, 7) is 6.50. The van der Waals surface area contributed by atoms with E-state index < -0.39 is 6.10 Å². The number of unbranched alkanes of at least 4 members (excludes halogenated alkanes) is 2. The summed E-state index contributed by atoms with van der Waals surface area (Å²) in [5.74, 6) is 6.22. The van der Waals surface area contributed by atoms with Gasteiger partial charge < -0.3 is 21.2 Å². The summed E-state index contributed by atoms with van der Waals surface area (Å²) in [5.41, 5.74) is 8.12. The molecule has 3 atom stereocenters. The van der Waals surface area contributed by atoms with Crippen LogP contribution in [-0.2, 0) is 4.79 Å². The lowest BCUT2D eigenvalue weighted by Crippen LogP contribution is -2.44. The van der Waals surface area contributed by atoms with Crippen LogP contribution >= 0.6 is 0 Å². The van der Waals surface area contributed by atoms with Gasteiger partial charge in [-0.2, -0.15) is 5.10 Å². The highest BCUT2D eigenvalue weighted by Gasteiger charge is 2.35. The lowest BCUT2D eigenvalue weighted by molar-refractivity contribution is -0.126. The molecule has 1 saturated heterocycles. The number of carbonyl (C=O) groups excluding carboxylic acids is 1. The predicted molar refractivity (Wildman–Crippen MR) is 137 cm³/mol. The predicted octanol–water partition coefficient (Wildman–Crippen LogP) is 4.17. The first-order chi connectivity index (χ1) is 16.5. The quantitative estimate of drug-likeness (QED) is 0.201. The number of hydrogen-bond donors (Lipinski definition) is 2. The van der Waals surface area contributed by atoms with Gasteiger partial charge in [-0.3, -0.25) is 9.69 Å². The number of benzene rings is 2. The molecule has 2 aromatic rings. The molecule has 2 heterocycles. The molecule has 0 saturated carbocycles. The van der Waals surface area contributed by atoms with Gasteiger partial charge in [-0.25, -0.2) is 0 Å². The molecule has 0 aliphatic carbocycles.